The van der Waals surface area contributed by atoms with Gasteiger partial charge in [0.05, 0.1) is 7.11 Å². The third kappa shape index (κ3) is 3.63. The summed E-state index contributed by atoms with van der Waals surface area (Å²) in [5.74, 6) is 2.72. The van der Waals surface area contributed by atoms with Crippen LogP contribution in [-0.4, -0.2) is 19.8 Å². The van der Waals surface area contributed by atoms with Gasteiger partial charge in [-0.1, -0.05) is 13.8 Å². The van der Waals surface area contributed by atoms with Gasteiger partial charge in [0.1, 0.15) is 17.6 Å². The highest BCUT2D eigenvalue weighted by Crippen LogP contribution is 2.34. The van der Waals surface area contributed by atoms with Crippen molar-refractivity contribution in [1.29, 1.82) is 0 Å². The van der Waals surface area contributed by atoms with E-state index in [1.54, 1.807) is 7.11 Å². The Bertz CT molecular complexity index is 429. The number of fused-ring (bicyclic) bond motifs is 1. The Morgan fingerprint density at radius 1 is 1.42 bits per heavy atom. The van der Waals surface area contributed by atoms with E-state index in [0.29, 0.717) is 0 Å². The molecule has 1 aromatic rings. The highest BCUT2D eigenvalue weighted by molar-refractivity contribution is 5.48. The van der Waals surface area contributed by atoms with Crippen molar-refractivity contribution in [1.82, 2.24) is 5.32 Å². The Labute approximate surface area is 116 Å². The van der Waals surface area contributed by atoms with Gasteiger partial charge in [-0.2, -0.15) is 0 Å². The van der Waals surface area contributed by atoms with Crippen LogP contribution in [0.4, 0.5) is 0 Å². The van der Waals surface area contributed by atoms with Crippen LogP contribution in [-0.2, 0) is 13.0 Å². The van der Waals surface area contributed by atoms with Crippen molar-refractivity contribution < 1.29 is 9.47 Å². The Hall–Kier alpha value is -1.22. The molecule has 2 rings (SSSR count). The maximum atomic E-state index is 5.81. The van der Waals surface area contributed by atoms with E-state index >= 15 is 0 Å². The molecule has 1 atom stereocenters. The zero-order chi connectivity index (χ0) is 13.8. The first-order valence-electron chi connectivity index (χ1n) is 7.17. The normalized spacial score (nSPS) is 17.4. The molecule has 1 N–H and O–H groups in total. The van der Waals surface area contributed by atoms with Crippen molar-refractivity contribution in [3.63, 3.8) is 0 Å². The molecule has 0 fully saturated rings. The molecule has 0 radical (unpaired) electrons. The molecule has 1 unspecified atom stereocenters. The van der Waals surface area contributed by atoms with Crippen LogP contribution in [0.1, 0.15) is 38.3 Å². The van der Waals surface area contributed by atoms with E-state index in [0.717, 1.165) is 36.9 Å². The van der Waals surface area contributed by atoms with Gasteiger partial charge >= 0.3 is 0 Å². The molecule has 3 nitrogen and oxygen atoms in total. The van der Waals surface area contributed by atoms with E-state index < -0.39 is 0 Å². The zero-order valence-corrected chi connectivity index (χ0v) is 12.5. The number of methoxy groups -OCH3 is 1. The molecule has 19 heavy (non-hydrogen) atoms. The van der Waals surface area contributed by atoms with E-state index in [1.165, 1.54) is 17.5 Å². The lowest BCUT2D eigenvalue weighted by molar-refractivity contribution is 0.254. The lowest BCUT2D eigenvalue weighted by Gasteiger charge is -2.12. The van der Waals surface area contributed by atoms with Gasteiger partial charge in [0.25, 0.3) is 0 Å². The number of ether oxygens (including phenoxy) is 2. The van der Waals surface area contributed by atoms with Crippen molar-refractivity contribution >= 4 is 0 Å². The second-order valence-corrected chi connectivity index (χ2v) is 5.76. The van der Waals surface area contributed by atoms with Crippen molar-refractivity contribution in [2.24, 2.45) is 5.92 Å². The highest BCUT2D eigenvalue weighted by Gasteiger charge is 2.21. The third-order valence-electron chi connectivity index (χ3n) is 3.51. The molecule has 0 saturated heterocycles. The maximum absolute atomic E-state index is 5.81. The molecule has 3 heteroatoms. The van der Waals surface area contributed by atoms with Gasteiger partial charge in [-0.3, -0.25) is 0 Å². The summed E-state index contributed by atoms with van der Waals surface area (Å²) in [6.07, 6.45) is 2.46. The number of nitrogens with one attached hydrogen (secondary N) is 1. The van der Waals surface area contributed by atoms with Crippen molar-refractivity contribution in [2.45, 2.75) is 46.3 Å². The monoisotopic (exact) mass is 263 g/mol. The number of rotatable bonds is 6. The second kappa shape index (κ2) is 6.29. The topological polar surface area (TPSA) is 30.5 Å². The van der Waals surface area contributed by atoms with Gasteiger partial charge in [-0.05, 0) is 37.9 Å². The molecule has 0 bridgehead atoms. The van der Waals surface area contributed by atoms with Gasteiger partial charge in [0, 0.05) is 24.1 Å². The molecule has 1 aliphatic rings. The van der Waals surface area contributed by atoms with E-state index in [1.807, 2.05) is 0 Å². The smallest absolute Gasteiger partial charge is 0.123 e. The molecule has 0 spiro atoms. The van der Waals surface area contributed by atoms with Gasteiger partial charge in [0.2, 0.25) is 0 Å². The summed E-state index contributed by atoms with van der Waals surface area (Å²) in [6, 6.07) is 4.25. The zero-order valence-electron chi connectivity index (χ0n) is 12.5. The molecule has 0 aliphatic carbocycles. The predicted molar refractivity (Wildman–Crippen MR) is 77.9 cm³/mol. The van der Waals surface area contributed by atoms with E-state index in [2.05, 4.69) is 38.2 Å². The lowest BCUT2D eigenvalue weighted by atomic mass is 10.1. The Morgan fingerprint density at radius 3 is 2.89 bits per heavy atom. The SMILES string of the molecule is COc1cc2c(cc1CNCCC(C)C)OC(C)C2. The number of benzene rings is 1. The fourth-order valence-electron chi connectivity index (χ4n) is 2.42. The van der Waals surface area contributed by atoms with Crippen molar-refractivity contribution in [3.8, 4) is 11.5 Å². The quantitative estimate of drug-likeness (QED) is 0.800. The predicted octanol–water partition coefficient (Wildman–Crippen LogP) is 3.15. The maximum Gasteiger partial charge on any atom is 0.123 e. The molecule has 1 aromatic carbocycles. The van der Waals surface area contributed by atoms with E-state index in [-0.39, 0.29) is 6.10 Å². The summed E-state index contributed by atoms with van der Waals surface area (Å²) in [7, 11) is 1.73. The van der Waals surface area contributed by atoms with Crippen molar-refractivity contribution in [3.05, 3.63) is 23.3 Å². The molecule has 0 saturated carbocycles. The summed E-state index contributed by atoms with van der Waals surface area (Å²) in [6.45, 7) is 8.46. The van der Waals surface area contributed by atoms with Crippen LogP contribution in [0, 0.1) is 5.92 Å². The van der Waals surface area contributed by atoms with Gasteiger partial charge in [-0.25, -0.2) is 0 Å². The molecular formula is C16H25NO2. The molecule has 1 heterocycles. The fraction of sp³-hybridized carbons (Fsp3) is 0.625. The largest absolute Gasteiger partial charge is 0.496 e. The first-order valence-corrected chi connectivity index (χ1v) is 7.17. The minimum absolute atomic E-state index is 0.281. The van der Waals surface area contributed by atoms with Crippen LogP contribution in [0.3, 0.4) is 0 Å². The lowest BCUT2D eigenvalue weighted by Crippen LogP contribution is -2.16. The van der Waals surface area contributed by atoms with Gasteiger partial charge < -0.3 is 14.8 Å². The fourth-order valence-corrected chi connectivity index (χ4v) is 2.42. The first kappa shape index (κ1) is 14.2. The minimum Gasteiger partial charge on any atom is -0.496 e. The summed E-state index contributed by atoms with van der Waals surface area (Å²) in [5, 5.41) is 3.47. The van der Waals surface area contributed by atoms with Crippen LogP contribution in [0.25, 0.3) is 0 Å². The average molecular weight is 263 g/mol. The Balaban J connectivity index is 2.01. The summed E-state index contributed by atoms with van der Waals surface area (Å²) in [5.41, 5.74) is 2.44. The van der Waals surface area contributed by atoms with Gasteiger partial charge in [0.15, 0.2) is 0 Å². The van der Waals surface area contributed by atoms with Crippen LogP contribution in [0.2, 0.25) is 0 Å². The molecule has 1 aliphatic heterocycles. The first-order chi connectivity index (χ1) is 9.10. The average Bonchev–Trinajstić information content (AvgIpc) is 2.72. The summed E-state index contributed by atoms with van der Waals surface area (Å²) < 4.78 is 11.3. The van der Waals surface area contributed by atoms with E-state index in [4.69, 9.17) is 9.47 Å². The number of hydrogen-bond acceptors (Lipinski definition) is 3. The number of hydrogen-bond donors (Lipinski definition) is 1. The van der Waals surface area contributed by atoms with Crippen LogP contribution in [0.15, 0.2) is 12.1 Å². The summed E-state index contributed by atoms with van der Waals surface area (Å²) in [4.78, 5) is 0. The highest BCUT2D eigenvalue weighted by atomic mass is 16.5. The second-order valence-electron chi connectivity index (χ2n) is 5.76. The van der Waals surface area contributed by atoms with Gasteiger partial charge in [-0.15, -0.1) is 0 Å². The van der Waals surface area contributed by atoms with E-state index in [9.17, 15) is 0 Å². The Morgan fingerprint density at radius 2 is 2.21 bits per heavy atom. The minimum atomic E-state index is 0.281. The Kier molecular flexibility index (Phi) is 4.70. The molecule has 0 amide bonds. The van der Waals surface area contributed by atoms with Crippen LogP contribution >= 0.6 is 0 Å². The summed E-state index contributed by atoms with van der Waals surface area (Å²) >= 11 is 0. The molecule has 106 valence electrons. The van der Waals surface area contributed by atoms with Crippen LogP contribution in [0.5, 0.6) is 11.5 Å². The standard InChI is InChI=1S/C16H25NO2/c1-11(2)5-6-17-10-14-9-16-13(7-12(3)19-16)8-15(14)18-4/h8-9,11-12,17H,5-7,10H2,1-4H3. The van der Waals surface area contributed by atoms with Crippen molar-refractivity contribution in [2.75, 3.05) is 13.7 Å². The molecule has 0 aromatic heterocycles. The third-order valence-corrected chi connectivity index (χ3v) is 3.51. The van der Waals surface area contributed by atoms with Crippen LogP contribution < -0.4 is 14.8 Å². The molecular weight excluding hydrogens is 238 g/mol.